The Balaban J connectivity index is 0.000000371. The third kappa shape index (κ3) is 5.73. The van der Waals surface area contributed by atoms with Crippen LogP contribution >= 0.6 is 11.6 Å². The molecule has 3 aromatic carbocycles. The molecule has 0 fully saturated rings. The van der Waals surface area contributed by atoms with Gasteiger partial charge in [0.2, 0.25) is 0 Å². The third-order valence-corrected chi connectivity index (χ3v) is 6.14. The fourth-order valence-corrected chi connectivity index (χ4v) is 4.00. The summed E-state index contributed by atoms with van der Waals surface area (Å²) in [5.74, 6) is -4.17. The van der Waals surface area contributed by atoms with Crippen LogP contribution in [0.25, 0.3) is 0 Å². The molecule has 35 heavy (non-hydrogen) atoms. The summed E-state index contributed by atoms with van der Waals surface area (Å²) in [5, 5.41) is 8.78. The maximum absolute atomic E-state index is 13.4. The number of carbonyl (C=O) groups is 4. The summed E-state index contributed by atoms with van der Waals surface area (Å²) in [6.07, 6.45) is 0. The lowest BCUT2D eigenvalue weighted by molar-refractivity contribution is -0.139. The van der Waals surface area contributed by atoms with Crippen molar-refractivity contribution in [2.75, 3.05) is 0 Å². The molecular weight excluding hydrogens is 466 g/mol. The lowest BCUT2D eigenvalue weighted by Gasteiger charge is -2.19. The van der Waals surface area contributed by atoms with Crippen LogP contribution in [0.2, 0.25) is 5.02 Å². The van der Waals surface area contributed by atoms with Gasteiger partial charge in [-0.2, -0.15) is 0 Å². The number of carbonyl (C=O) groups excluding carboxylic acids is 3. The second-order valence-corrected chi connectivity index (χ2v) is 9.05. The molecular formula is C28H26ClNO5. The van der Waals surface area contributed by atoms with Crippen molar-refractivity contribution in [1.29, 1.82) is 0 Å². The van der Waals surface area contributed by atoms with E-state index < -0.39 is 41.2 Å². The standard InChI is InChI=1S/C23H15ClO3.C5H11NO2/c24-16-12-10-15(11-13-16)19(14-6-2-1-3-7-14)23(27)20-21(25)17-8-4-5-9-18(17)22(20)26;1-3(2)4(6)5(7)8/h1-13,19-20H;3-4H,6H2,1-2H3,(H,7,8)/t;4-/m.0/s1. The molecule has 7 heteroatoms. The number of rotatable bonds is 6. The van der Waals surface area contributed by atoms with Crippen LogP contribution in [0.3, 0.4) is 0 Å². The number of hydrogen-bond acceptors (Lipinski definition) is 5. The topological polar surface area (TPSA) is 115 Å². The van der Waals surface area contributed by atoms with E-state index in [0.29, 0.717) is 21.7 Å². The van der Waals surface area contributed by atoms with Crippen molar-refractivity contribution in [3.05, 3.63) is 106 Å². The Morgan fingerprint density at radius 1 is 0.800 bits per heavy atom. The molecule has 0 saturated heterocycles. The number of carboxylic acid groups (broad SMARTS) is 1. The molecule has 0 aliphatic heterocycles. The summed E-state index contributed by atoms with van der Waals surface area (Å²) < 4.78 is 0. The van der Waals surface area contributed by atoms with Crippen molar-refractivity contribution in [2.24, 2.45) is 17.6 Å². The molecule has 180 valence electrons. The normalized spacial score (nSPS) is 14.7. The van der Waals surface area contributed by atoms with Gasteiger partial charge in [-0.3, -0.25) is 19.2 Å². The first kappa shape index (κ1) is 26.0. The van der Waals surface area contributed by atoms with Crippen LogP contribution in [-0.2, 0) is 9.59 Å². The number of fused-ring (bicyclic) bond motifs is 1. The number of carboxylic acids is 1. The van der Waals surface area contributed by atoms with Gasteiger partial charge in [-0.25, -0.2) is 0 Å². The molecule has 0 amide bonds. The number of nitrogens with two attached hydrogens (primary N) is 1. The Labute approximate surface area is 208 Å². The average Bonchev–Trinajstić information content (AvgIpc) is 3.11. The van der Waals surface area contributed by atoms with Crippen molar-refractivity contribution >= 4 is 34.9 Å². The van der Waals surface area contributed by atoms with E-state index in [2.05, 4.69) is 0 Å². The molecule has 1 unspecified atom stereocenters. The van der Waals surface area contributed by atoms with Crippen molar-refractivity contribution in [3.8, 4) is 0 Å². The Morgan fingerprint density at radius 2 is 1.26 bits per heavy atom. The Hall–Kier alpha value is -3.61. The lowest BCUT2D eigenvalue weighted by atomic mass is 9.80. The molecule has 1 aliphatic carbocycles. The van der Waals surface area contributed by atoms with Crippen LogP contribution < -0.4 is 5.73 Å². The van der Waals surface area contributed by atoms with Crippen LogP contribution in [0.15, 0.2) is 78.9 Å². The predicted molar refractivity (Wildman–Crippen MR) is 134 cm³/mol. The zero-order valence-corrected chi connectivity index (χ0v) is 20.1. The smallest absolute Gasteiger partial charge is 0.320 e. The van der Waals surface area contributed by atoms with E-state index in [1.54, 1.807) is 62.4 Å². The average molecular weight is 492 g/mol. The molecule has 3 N–H and O–H groups in total. The van der Waals surface area contributed by atoms with E-state index >= 15 is 0 Å². The van der Waals surface area contributed by atoms with Crippen molar-refractivity contribution in [3.63, 3.8) is 0 Å². The summed E-state index contributed by atoms with van der Waals surface area (Å²) >= 11 is 5.98. The molecule has 2 atom stereocenters. The minimum atomic E-state index is -1.30. The quantitative estimate of drug-likeness (QED) is 0.479. The van der Waals surface area contributed by atoms with E-state index in [4.69, 9.17) is 22.4 Å². The first-order chi connectivity index (χ1) is 16.6. The molecule has 3 aromatic rings. The highest BCUT2D eigenvalue weighted by Gasteiger charge is 2.45. The van der Waals surface area contributed by atoms with Gasteiger partial charge in [0.05, 0.1) is 5.92 Å². The number of benzene rings is 3. The zero-order chi connectivity index (χ0) is 25.7. The van der Waals surface area contributed by atoms with Gasteiger partial charge in [-0.1, -0.05) is 92.2 Å². The number of ketones is 3. The largest absolute Gasteiger partial charge is 0.480 e. The molecule has 0 saturated carbocycles. The summed E-state index contributed by atoms with van der Waals surface area (Å²) in [5.41, 5.74) is 7.24. The van der Waals surface area contributed by atoms with Crippen LogP contribution in [0, 0.1) is 11.8 Å². The fourth-order valence-electron chi connectivity index (χ4n) is 3.87. The van der Waals surface area contributed by atoms with Crippen molar-refractivity contribution in [2.45, 2.75) is 25.8 Å². The first-order valence-corrected chi connectivity index (χ1v) is 11.5. The van der Waals surface area contributed by atoms with Crippen LogP contribution in [0.1, 0.15) is 51.6 Å². The van der Waals surface area contributed by atoms with Gasteiger partial charge in [0.15, 0.2) is 17.3 Å². The predicted octanol–water partition coefficient (Wildman–Crippen LogP) is 4.79. The second kappa shape index (κ2) is 11.2. The fraction of sp³-hybridized carbons (Fsp3) is 0.214. The van der Waals surface area contributed by atoms with E-state index in [1.807, 2.05) is 30.3 Å². The summed E-state index contributed by atoms with van der Waals surface area (Å²) in [6, 6.07) is 22.0. The maximum Gasteiger partial charge on any atom is 0.320 e. The number of halogens is 1. The molecule has 0 aromatic heterocycles. The minimum Gasteiger partial charge on any atom is -0.480 e. The van der Waals surface area contributed by atoms with Crippen LogP contribution in [0.5, 0.6) is 0 Å². The minimum absolute atomic E-state index is 0.0208. The van der Waals surface area contributed by atoms with Crippen LogP contribution in [-0.4, -0.2) is 34.5 Å². The van der Waals surface area contributed by atoms with Gasteiger partial charge in [-0.15, -0.1) is 0 Å². The number of aliphatic carboxylic acids is 1. The van der Waals surface area contributed by atoms with Gasteiger partial charge in [0, 0.05) is 16.1 Å². The third-order valence-electron chi connectivity index (χ3n) is 5.89. The molecule has 0 heterocycles. The van der Waals surface area contributed by atoms with Gasteiger partial charge in [-0.05, 0) is 29.2 Å². The van der Waals surface area contributed by atoms with E-state index in [1.165, 1.54) is 0 Å². The monoisotopic (exact) mass is 491 g/mol. The second-order valence-electron chi connectivity index (χ2n) is 8.61. The molecule has 4 rings (SSSR count). The molecule has 1 aliphatic rings. The van der Waals surface area contributed by atoms with Crippen LogP contribution in [0.4, 0.5) is 0 Å². The highest BCUT2D eigenvalue weighted by atomic mass is 35.5. The number of hydrogen-bond donors (Lipinski definition) is 2. The maximum atomic E-state index is 13.4. The first-order valence-electron chi connectivity index (χ1n) is 11.1. The highest BCUT2D eigenvalue weighted by Crippen LogP contribution is 2.35. The highest BCUT2D eigenvalue weighted by molar-refractivity contribution is 6.36. The Morgan fingerprint density at radius 3 is 1.69 bits per heavy atom. The molecule has 0 radical (unpaired) electrons. The summed E-state index contributed by atoms with van der Waals surface area (Å²) in [4.78, 5) is 49.1. The van der Waals surface area contributed by atoms with Crippen molar-refractivity contribution < 1.29 is 24.3 Å². The van der Waals surface area contributed by atoms with Gasteiger partial charge in [0.25, 0.3) is 0 Å². The lowest BCUT2D eigenvalue weighted by Crippen LogP contribution is -2.34. The van der Waals surface area contributed by atoms with Gasteiger partial charge >= 0.3 is 5.97 Å². The van der Waals surface area contributed by atoms with Crippen molar-refractivity contribution in [1.82, 2.24) is 0 Å². The summed E-state index contributed by atoms with van der Waals surface area (Å²) in [6.45, 7) is 3.55. The number of Topliss-reactive ketones (excluding diaryl/α,β-unsaturated/α-hetero) is 3. The van der Waals surface area contributed by atoms with Gasteiger partial charge < -0.3 is 10.8 Å². The van der Waals surface area contributed by atoms with E-state index in [9.17, 15) is 19.2 Å². The zero-order valence-electron chi connectivity index (χ0n) is 19.4. The SMILES string of the molecule is CC(C)[C@H](N)C(=O)O.O=C1c2ccccc2C(=O)C1C(=O)C(c1ccccc1)c1ccc(Cl)cc1. The Kier molecular flexibility index (Phi) is 8.33. The molecule has 0 spiro atoms. The molecule has 6 nitrogen and oxygen atoms in total. The van der Waals surface area contributed by atoms with E-state index in [-0.39, 0.29) is 5.92 Å². The summed E-state index contributed by atoms with van der Waals surface area (Å²) in [7, 11) is 0. The molecule has 0 bridgehead atoms. The Bertz CT molecular complexity index is 1200. The van der Waals surface area contributed by atoms with Gasteiger partial charge in [0.1, 0.15) is 12.0 Å². The van der Waals surface area contributed by atoms with E-state index in [0.717, 1.165) is 5.56 Å².